The van der Waals surface area contributed by atoms with Gasteiger partial charge in [0.05, 0.1) is 0 Å². The molecular weight excluding hydrogens is 330 g/mol. The number of likely N-dealkylation sites (tertiary alicyclic amines) is 1. The summed E-state index contributed by atoms with van der Waals surface area (Å²) in [6.45, 7) is 12.9. The van der Waals surface area contributed by atoms with Crippen molar-refractivity contribution in [2.45, 2.75) is 57.4 Å². The van der Waals surface area contributed by atoms with Crippen LogP contribution in [0.1, 0.15) is 50.7 Å². The molecule has 2 atom stereocenters. The normalized spacial score (nSPS) is 22.7. The van der Waals surface area contributed by atoms with Crippen molar-refractivity contribution in [1.29, 1.82) is 0 Å². The number of piperidine rings is 1. The summed E-state index contributed by atoms with van der Waals surface area (Å²) < 4.78 is 0. The molecule has 0 radical (unpaired) electrons. The van der Waals surface area contributed by atoms with Crippen molar-refractivity contribution >= 4 is 0 Å². The Labute approximate surface area is 165 Å². The highest BCUT2D eigenvalue weighted by molar-refractivity contribution is 5.34. The standard InChI is InChI=1S/C23H31NO.C2H4/c1-3-21-18-23(4-2,20-11-8-12-22(25)17-20)14-16-24(21)15-13-19-9-6-5-7-10-19;1-2/h5-12,17,21,25H,3-4,13-16,18H2,1-2H3;1-2H2/t21?,23-;/m1./s1. The second kappa shape index (κ2) is 10.3. The molecule has 0 amide bonds. The first kappa shape index (κ1) is 21.2. The lowest BCUT2D eigenvalue weighted by molar-refractivity contribution is 0.0874. The number of benzene rings is 2. The van der Waals surface area contributed by atoms with Crippen LogP contribution in [0.3, 0.4) is 0 Å². The van der Waals surface area contributed by atoms with Crippen LogP contribution in [-0.2, 0) is 11.8 Å². The van der Waals surface area contributed by atoms with E-state index in [1.807, 2.05) is 12.1 Å². The molecule has 2 heteroatoms. The van der Waals surface area contributed by atoms with E-state index in [1.54, 1.807) is 6.07 Å². The number of rotatable bonds is 6. The van der Waals surface area contributed by atoms with Crippen LogP contribution in [0.25, 0.3) is 0 Å². The molecule has 0 bridgehead atoms. The molecule has 1 saturated heterocycles. The third-order valence-corrected chi connectivity index (χ3v) is 6.16. The molecule has 1 aliphatic heterocycles. The zero-order valence-corrected chi connectivity index (χ0v) is 17.0. The third kappa shape index (κ3) is 5.23. The van der Waals surface area contributed by atoms with E-state index in [9.17, 15) is 5.11 Å². The van der Waals surface area contributed by atoms with Gasteiger partial charge in [0, 0.05) is 12.6 Å². The predicted octanol–water partition coefficient (Wildman–Crippen LogP) is 5.96. The maximum absolute atomic E-state index is 9.93. The summed E-state index contributed by atoms with van der Waals surface area (Å²) in [6, 6.07) is 19.4. The molecule has 2 aromatic rings. The van der Waals surface area contributed by atoms with E-state index < -0.39 is 0 Å². The van der Waals surface area contributed by atoms with E-state index in [1.165, 1.54) is 30.4 Å². The lowest BCUT2D eigenvalue weighted by Gasteiger charge is -2.47. The molecule has 146 valence electrons. The summed E-state index contributed by atoms with van der Waals surface area (Å²) in [4.78, 5) is 2.68. The van der Waals surface area contributed by atoms with Gasteiger partial charge in [0.2, 0.25) is 0 Å². The SMILES string of the molecule is C=C.CCC1C[C@](CC)(c2cccc(O)c2)CCN1CCc1ccccc1. The highest BCUT2D eigenvalue weighted by atomic mass is 16.3. The van der Waals surface area contributed by atoms with Gasteiger partial charge in [0.15, 0.2) is 0 Å². The van der Waals surface area contributed by atoms with Gasteiger partial charge in [0.1, 0.15) is 5.75 Å². The summed E-state index contributed by atoms with van der Waals surface area (Å²) in [6.07, 6.45) is 5.83. The topological polar surface area (TPSA) is 23.5 Å². The zero-order valence-electron chi connectivity index (χ0n) is 17.0. The van der Waals surface area contributed by atoms with Crippen LogP contribution >= 0.6 is 0 Å². The lowest BCUT2D eigenvalue weighted by Crippen LogP contribution is -2.49. The molecule has 1 unspecified atom stereocenters. The van der Waals surface area contributed by atoms with Crippen LogP contribution in [-0.4, -0.2) is 29.1 Å². The Kier molecular flexibility index (Phi) is 8.12. The van der Waals surface area contributed by atoms with Gasteiger partial charge < -0.3 is 10.0 Å². The molecule has 1 heterocycles. The van der Waals surface area contributed by atoms with Crippen LogP contribution in [0.5, 0.6) is 5.75 Å². The highest BCUT2D eigenvalue weighted by Crippen LogP contribution is 2.42. The fourth-order valence-corrected chi connectivity index (χ4v) is 4.46. The van der Waals surface area contributed by atoms with Crippen LogP contribution in [0.2, 0.25) is 0 Å². The average Bonchev–Trinajstić information content (AvgIpc) is 2.74. The van der Waals surface area contributed by atoms with Gasteiger partial charge in [-0.1, -0.05) is 56.3 Å². The molecule has 2 nitrogen and oxygen atoms in total. The largest absolute Gasteiger partial charge is 0.508 e. The Bertz CT molecular complexity index is 684. The quantitative estimate of drug-likeness (QED) is 0.639. The molecular formula is C25H35NO. The first-order valence-corrected chi connectivity index (χ1v) is 10.2. The van der Waals surface area contributed by atoms with Gasteiger partial charge >= 0.3 is 0 Å². The monoisotopic (exact) mass is 365 g/mol. The van der Waals surface area contributed by atoms with Gasteiger partial charge in [-0.3, -0.25) is 0 Å². The second-order valence-electron chi connectivity index (χ2n) is 7.47. The minimum absolute atomic E-state index is 0.211. The van der Waals surface area contributed by atoms with Crippen molar-refractivity contribution < 1.29 is 5.11 Å². The summed E-state index contributed by atoms with van der Waals surface area (Å²) in [7, 11) is 0. The van der Waals surface area contributed by atoms with E-state index in [0.29, 0.717) is 11.8 Å². The number of hydrogen-bond donors (Lipinski definition) is 1. The maximum atomic E-state index is 9.93. The van der Waals surface area contributed by atoms with Gasteiger partial charge in [-0.2, -0.15) is 0 Å². The number of hydrogen-bond acceptors (Lipinski definition) is 2. The Morgan fingerprint density at radius 1 is 1.07 bits per heavy atom. The number of phenols is 1. The first-order valence-electron chi connectivity index (χ1n) is 10.2. The van der Waals surface area contributed by atoms with Crippen molar-refractivity contribution in [3.05, 3.63) is 78.9 Å². The van der Waals surface area contributed by atoms with Gasteiger partial charge in [-0.05, 0) is 67.3 Å². The molecule has 0 aliphatic carbocycles. The lowest BCUT2D eigenvalue weighted by atomic mass is 9.68. The zero-order chi connectivity index (χ0) is 19.7. The van der Waals surface area contributed by atoms with Crippen LogP contribution in [0, 0.1) is 0 Å². The number of aromatic hydroxyl groups is 1. The third-order valence-electron chi connectivity index (χ3n) is 6.16. The predicted molar refractivity (Wildman–Crippen MR) is 116 cm³/mol. The summed E-state index contributed by atoms with van der Waals surface area (Å²) in [5, 5.41) is 9.93. The van der Waals surface area contributed by atoms with Crippen molar-refractivity contribution in [3.63, 3.8) is 0 Å². The summed E-state index contributed by atoms with van der Waals surface area (Å²) in [5.74, 6) is 0.393. The van der Waals surface area contributed by atoms with Crippen molar-refractivity contribution in [2.24, 2.45) is 0 Å². The van der Waals surface area contributed by atoms with Gasteiger partial charge in [0.25, 0.3) is 0 Å². The fourth-order valence-electron chi connectivity index (χ4n) is 4.46. The minimum atomic E-state index is 0.211. The van der Waals surface area contributed by atoms with E-state index in [0.717, 1.165) is 25.9 Å². The number of phenolic OH excluding ortho intramolecular Hbond substituents is 1. The molecule has 1 aliphatic rings. The van der Waals surface area contributed by atoms with Crippen molar-refractivity contribution in [3.8, 4) is 5.75 Å². The Morgan fingerprint density at radius 2 is 1.81 bits per heavy atom. The Balaban J connectivity index is 0.00000126. The van der Waals surface area contributed by atoms with Crippen LogP contribution in [0.15, 0.2) is 67.8 Å². The summed E-state index contributed by atoms with van der Waals surface area (Å²) >= 11 is 0. The summed E-state index contributed by atoms with van der Waals surface area (Å²) in [5.41, 5.74) is 2.96. The van der Waals surface area contributed by atoms with E-state index in [2.05, 4.69) is 68.3 Å². The molecule has 0 saturated carbocycles. The molecule has 1 N–H and O–H groups in total. The minimum Gasteiger partial charge on any atom is -0.508 e. The number of nitrogens with zero attached hydrogens (tertiary/aromatic N) is 1. The maximum Gasteiger partial charge on any atom is 0.115 e. The van der Waals surface area contributed by atoms with Crippen molar-refractivity contribution in [2.75, 3.05) is 13.1 Å². The Morgan fingerprint density at radius 3 is 2.44 bits per heavy atom. The van der Waals surface area contributed by atoms with E-state index in [4.69, 9.17) is 0 Å². The molecule has 0 spiro atoms. The molecule has 3 rings (SSSR count). The van der Waals surface area contributed by atoms with Gasteiger partial charge in [-0.15, -0.1) is 13.2 Å². The molecule has 27 heavy (non-hydrogen) atoms. The first-order chi connectivity index (χ1) is 13.2. The van der Waals surface area contributed by atoms with Crippen LogP contribution in [0.4, 0.5) is 0 Å². The molecule has 0 aromatic heterocycles. The average molecular weight is 366 g/mol. The smallest absolute Gasteiger partial charge is 0.115 e. The van der Waals surface area contributed by atoms with Gasteiger partial charge in [-0.25, -0.2) is 0 Å². The van der Waals surface area contributed by atoms with E-state index >= 15 is 0 Å². The Hall–Kier alpha value is -2.06. The van der Waals surface area contributed by atoms with E-state index in [-0.39, 0.29) is 5.41 Å². The fraction of sp³-hybridized carbons (Fsp3) is 0.440. The molecule has 2 aromatic carbocycles. The van der Waals surface area contributed by atoms with Crippen molar-refractivity contribution in [1.82, 2.24) is 4.90 Å². The highest BCUT2D eigenvalue weighted by Gasteiger charge is 2.39. The van der Waals surface area contributed by atoms with Crippen LogP contribution < -0.4 is 0 Å². The second-order valence-corrected chi connectivity index (χ2v) is 7.47. The molecule has 1 fully saturated rings.